The number of nitrogens with zero attached hydrogens (tertiary/aromatic N) is 1. The van der Waals surface area contributed by atoms with Crippen LogP contribution in [0.3, 0.4) is 0 Å². The summed E-state index contributed by atoms with van der Waals surface area (Å²) in [4.78, 5) is 27.0. The highest BCUT2D eigenvalue weighted by Crippen LogP contribution is 2.16. The summed E-state index contributed by atoms with van der Waals surface area (Å²) in [6.45, 7) is 5.64. The van der Waals surface area contributed by atoms with Crippen molar-refractivity contribution < 1.29 is 9.59 Å². The zero-order valence-corrected chi connectivity index (χ0v) is 15.6. The summed E-state index contributed by atoms with van der Waals surface area (Å²) in [5.41, 5.74) is 8.92. The smallest absolute Gasteiger partial charge is 0.256 e. The standard InChI is InChI=1S/C21H26N4O2/c1-15-4-7-17(22)14-19(15)21(27)24-18-8-5-16(6-9-18)20(26)23-10-13-25-11-2-3-12-25/h4-9,14H,2-3,10-13,22H2,1H3,(H,23,26)(H,24,27). The lowest BCUT2D eigenvalue weighted by molar-refractivity contribution is 0.0949. The van der Waals surface area contributed by atoms with Crippen molar-refractivity contribution in [1.29, 1.82) is 0 Å². The lowest BCUT2D eigenvalue weighted by Crippen LogP contribution is -2.33. The fourth-order valence-electron chi connectivity index (χ4n) is 3.22. The minimum atomic E-state index is -0.220. The number of nitrogens with one attached hydrogen (secondary N) is 2. The molecular weight excluding hydrogens is 340 g/mol. The third kappa shape index (κ3) is 5.08. The number of hydrogen-bond donors (Lipinski definition) is 3. The zero-order valence-electron chi connectivity index (χ0n) is 15.6. The van der Waals surface area contributed by atoms with Gasteiger partial charge in [-0.1, -0.05) is 6.07 Å². The molecule has 0 aromatic heterocycles. The van der Waals surface area contributed by atoms with E-state index in [1.165, 1.54) is 12.8 Å². The molecule has 1 saturated heterocycles. The average molecular weight is 366 g/mol. The Morgan fingerprint density at radius 3 is 2.44 bits per heavy atom. The highest BCUT2D eigenvalue weighted by Gasteiger charge is 2.13. The second kappa shape index (κ2) is 8.68. The Labute approximate surface area is 159 Å². The van der Waals surface area contributed by atoms with Crippen LogP contribution in [0.2, 0.25) is 0 Å². The van der Waals surface area contributed by atoms with Crippen molar-refractivity contribution in [3.8, 4) is 0 Å². The van der Waals surface area contributed by atoms with E-state index < -0.39 is 0 Å². The Bertz CT molecular complexity index is 811. The first-order valence-electron chi connectivity index (χ1n) is 9.31. The molecule has 0 aliphatic carbocycles. The van der Waals surface area contributed by atoms with Gasteiger partial charge in [-0.05, 0) is 74.8 Å². The van der Waals surface area contributed by atoms with Crippen LogP contribution < -0.4 is 16.4 Å². The molecule has 27 heavy (non-hydrogen) atoms. The lowest BCUT2D eigenvalue weighted by atomic mass is 10.1. The molecule has 0 saturated carbocycles. The number of benzene rings is 2. The number of carbonyl (C=O) groups excluding carboxylic acids is 2. The second-order valence-electron chi connectivity index (χ2n) is 6.91. The van der Waals surface area contributed by atoms with Gasteiger partial charge in [0, 0.05) is 35.6 Å². The number of aryl methyl sites for hydroxylation is 1. The van der Waals surface area contributed by atoms with Crippen LogP contribution in [0.4, 0.5) is 11.4 Å². The van der Waals surface area contributed by atoms with E-state index in [1.54, 1.807) is 36.4 Å². The van der Waals surface area contributed by atoms with Crippen molar-refractivity contribution in [2.24, 2.45) is 0 Å². The fraction of sp³-hybridized carbons (Fsp3) is 0.333. The van der Waals surface area contributed by atoms with Crippen molar-refractivity contribution in [1.82, 2.24) is 10.2 Å². The Balaban J connectivity index is 1.54. The Hall–Kier alpha value is -2.86. The minimum Gasteiger partial charge on any atom is -0.399 e. The number of rotatable bonds is 6. The highest BCUT2D eigenvalue weighted by molar-refractivity contribution is 6.06. The van der Waals surface area contributed by atoms with Gasteiger partial charge in [0.1, 0.15) is 0 Å². The van der Waals surface area contributed by atoms with E-state index in [0.29, 0.717) is 29.0 Å². The number of amides is 2. The van der Waals surface area contributed by atoms with Gasteiger partial charge in [0.25, 0.3) is 11.8 Å². The largest absolute Gasteiger partial charge is 0.399 e. The van der Waals surface area contributed by atoms with Crippen LogP contribution >= 0.6 is 0 Å². The number of nitrogens with two attached hydrogens (primary N) is 1. The van der Waals surface area contributed by atoms with Crippen LogP contribution in [-0.2, 0) is 0 Å². The van der Waals surface area contributed by atoms with Crippen LogP contribution in [0.25, 0.3) is 0 Å². The molecule has 0 unspecified atom stereocenters. The van der Waals surface area contributed by atoms with Crippen LogP contribution in [-0.4, -0.2) is 42.9 Å². The highest BCUT2D eigenvalue weighted by atomic mass is 16.2. The summed E-state index contributed by atoms with van der Waals surface area (Å²) in [5, 5.41) is 5.78. The van der Waals surface area contributed by atoms with Gasteiger partial charge in [-0.2, -0.15) is 0 Å². The third-order valence-corrected chi connectivity index (χ3v) is 4.82. The van der Waals surface area contributed by atoms with E-state index in [9.17, 15) is 9.59 Å². The molecule has 2 amide bonds. The maximum atomic E-state index is 12.4. The number of likely N-dealkylation sites (tertiary alicyclic amines) is 1. The summed E-state index contributed by atoms with van der Waals surface area (Å²) >= 11 is 0. The first kappa shape index (κ1) is 18.9. The SMILES string of the molecule is Cc1ccc(N)cc1C(=O)Nc1ccc(C(=O)NCCN2CCCC2)cc1. The molecule has 0 radical (unpaired) electrons. The van der Waals surface area contributed by atoms with Crippen molar-refractivity contribution in [3.63, 3.8) is 0 Å². The molecule has 1 fully saturated rings. The quantitative estimate of drug-likeness (QED) is 0.686. The second-order valence-corrected chi connectivity index (χ2v) is 6.91. The molecule has 142 valence electrons. The van der Waals surface area contributed by atoms with Gasteiger partial charge in [0.15, 0.2) is 0 Å². The zero-order chi connectivity index (χ0) is 19.2. The molecule has 3 rings (SSSR count). The van der Waals surface area contributed by atoms with E-state index in [4.69, 9.17) is 5.73 Å². The molecule has 4 N–H and O–H groups in total. The average Bonchev–Trinajstić information content (AvgIpc) is 3.17. The van der Waals surface area contributed by atoms with Gasteiger partial charge in [-0.15, -0.1) is 0 Å². The summed E-state index contributed by atoms with van der Waals surface area (Å²) in [7, 11) is 0. The van der Waals surface area contributed by atoms with Gasteiger partial charge in [-0.3, -0.25) is 9.59 Å². The van der Waals surface area contributed by atoms with Crippen LogP contribution in [0.1, 0.15) is 39.1 Å². The van der Waals surface area contributed by atoms with Crippen LogP contribution in [0.15, 0.2) is 42.5 Å². The topological polar surface area (TPSA) is 87.5 Å². The van der Waals surface area contributed by atoms with Gasteiger partial charge < -0.3 is 21.3 Å². The number of nitrogen functional groups attached to an aromatic ring is 1. The Morgan fingerprint density at radius 2 is 1.74 bits per heavy atom. The molecular formula is C21H26N4O2. The van der Waals surface area contributed by atoms with E-state index in [0.717, 1.165) is 25.2 Å². The molecule has 1 aliphatic rings. The van der Waals surface area contributed by atoms with Crippen molar-refractivity contribution >= 4 is 23.2 Å². The molecule has 1 heterocycles. The van der Waals surface area contributed by atoms with Crippen molar-refractivity contribution in [2.45, 2.75) is 19.8 Å². The Kier molecular flexibility index (Phi) is 6.08. The maximum absolute atomic E-state index is 12.4. The predicted octanol–water partition coefficient (Wildman–Crippen LogP) is 2.66. The summed E-state index contributed by atoms with van der Waals surface area (Å²) in [6, 6.07) is 12.1. The van der Waals surface area contributed by atoms with Gasteiger partial charge in [0.2, 0.25) is 0 Å². The molecule has 2 aromatic carbocycles. The maximum Gasteiger partial charge on any atom is 0.256 e. The first-order chi connectivity index (χ1) is 13.0. The number of anilines is 2. The molecule has 1 aliphatic heterocycles. The lowest BCUT2D eigenvalue weighted by Gasteiger charge is -2.14. The fourth-order valence-corrected chi connectivity index (χ4v) is 3.22. The monoisotopic (exact) mass is 366 g/mol. The van der Waals surface area contributed by atoms with Crippen molar-refractivity contribution in [3.05, 3.63) is 59.2 Å². The van der Waals surface area contributed by atoms with Gasteiger partial charge >= 0.3 is 0 Å². The third-order valence-electron chi connectivity index (χ3n) is 4.82. The molecule has 6 heteroatoms. The normalized spacial score (nSPS) is 14.1. The molecule has 6 nitrogen and oxygen atoms in total. The van der Waals surface area contributed by atoms with E-state index in [-0.39, 0.29) is 11.8 Å². The molecule has 0 bridgehead atoms. The van der Waals surface area contributed by atoms with Gasteiger partial charge in [-0.25, -0.2) is 0 Å². The first-order valence-corrected chi connectivity index (χ1v) is 9.31. The summed E-state index contributed by atoms with van der Waals surface area (Å²) in [6.07, 6.45) is 2.49. The van der Waals surface area contributed by atoms with Crippen LogP contribution in [0.5, 0.6) is 0 Å². The number of carbonyl (C=O) groups is 2. The molecule has 0 spiro atoms. The van der Waals surface area contributed by atoms with E-state index in [1.807, 2.05) is 13.0 Å². The summed E-state index contributed by atoms with van der Waals surface area (Å²) < 4.78 is 0. The Morgan fingerprint density at radius 1 is 1.04 bits per heavy atom. The predicted molar refractivity (Wildman–Crippen MR) is 108 cm³/mol. The number of hydrogen-bond acceptors (Lipinski definition) is 4. The minimum absolute atomic E-state index is 0.0984. The van der Waals surface area contributed by atoms with E-state index in [2.05, 4.69) is 15.5 Å². The summed E-state index contributed by atoms with van der Waals surface area (Å²) in [5.74, 6) is -0.318. The van der Waals surface area contributed by atoms with E-state index >= 15 is 0 Å². The van der Waals surface area contributed by atoms with Crippen molar-refractivity contribution in [2.75, 3.05) is 37.2 Å². The molecule has 2 aromatic rings. The van der Waals surface area contributed by atoms with Crippen LogP contribution in [0, 0.1) is 6.92 Å². The molecule has 0 atom stereocenters. The van der Waals surface area contributed by atoms with Gasteiger partial charge in [0.05, 0.1) is 0 Å².